The molecule has 0 spiro atoms. The fourth-order valence-electron chi connectivity index (χ4n) is 5.02. The van der Waals surface area contributed by atoms with E-state index in [-0.39, 0.29) is 17.9 Å². The van der Waals surface area contributed by atoms with E-state index in [4.69, 9.17) is 5.11 Å². The molecule has 4 bridgehead atoms. The van der Waals surface area contributed by atoms with Crippen molar-refractivity contribution in [2.75, 3.05) is 12.4 Å². The Morgan fingerprint density at radius 2 is 1.53 bits per heavy atom. The van der Waals surface area contributed by atoms with E-state index in [2.05, 4.69) is 4.72 Å². The molecule has 0 atom stereocenters. The van der Waals surface area contributed by atoms with Crippen LogP contribution in [0.4, 0.5) is 0 Å². The first-order valence-corrected chi connectivity index (χ1v) is 9.28. The van der Waals surface area contributed by atoms with Crippen molar-refractivity contribution < 1.29 is 13.5 Å². The van der Waals surface area contributed by atoms with Crippen LogP contribution in [0.5, 0.6) is 0 Å². The molecular formula is C14H25NO3S. The molecular weight excluding hydrogens is 262 g/mol. The van der Waals surface area contributed by atoms with Gasteiger partial charge in [-0.25, -0.2) is 13.1 Å². The highest BCUT2D eigenvalue weighted by molar-refractivity contribution is 7.89. The minimum absolute atomic E-state index is 0.0763. The van der Waals surface area contributed by atoms with Gasteiger partial charge in [0.15, 0.2) is 0 Å². The molecule has 4 fully saturated rings. The molecule has 0 saturated heterocycles. The van der Waals surface area contributed by atoms with Gasteiger partial charge in [0.25, 0.3) is 0 Å². The lowest BCUT2D eigenvalue weighted by Gasteiger charge is -2.56. The highest BCUT2D eigenvalue weighted by Crippen LogP contribution is 2.55. The van der Waals surface area contributed by atoms with Crippen LogP contribution in [0.3, 0.4) is 0 Å². The second-order valence-electron chi connectivity index (χ2n) is 7.05. The SMILES string of the molecule is O=S(=O)(CCCCO)NC12CC3CC(CC(C3)C1)C2. The molecule has 2 N–H and O–H groups in total. The Morgan fingerprint density at radius 1 is 1.00 bits per heavy atom. The van der Waals surface area contributed by atoms with Crippen LogP contribution in [0.15, 0.2) is 0 Å². The lowest BCUT2D eigenvalue weighted by atomic mass is 9.53. The van der Waals surface area contributed by atoms with Crippen molar-refractivity contribution in [1.29, 1.82) is 0 Å². The number of nitrogens with one attached hydrogen (secondary N) is 1. The van der Waals surface area contributed by atoms with Crippen molar-refractivity contribution >= 4 is 10.0 Å². The summed E-state index contributed by atoms with van der Waals surface area (Å²) < 4.78 is 27.4. The van der Waals surface area contributed by atoms with Crippen LogP contribution in [0.1, 0.15) is 51.4 Å². The molecule has 5 heteroatoms. The third-order valence-corrected chi connectivity index (χ3v) is 6.80. The Hall–Kier alpha value is -0.130. The van der Waals surface area contributed by atoms with Gasteiger partial charge in [-0.15, -0.1) is 0 Å². The van der Waals surface area contributed by atoms with Gasteiger partial charge in [-0.3, -0.25) is 0 Å². The third-order valence-electron chi connectivity index (χ3n) is 5.23. The zero-order valence-electron chi connectivity index (χ0n) is 11.5. The summed E-state index contributed by atoms with van der Waals surface area (Å²) in [6.07, 6.45) is 8.26. The van der Waals surface area contributed by atoms with Crippen molar-refractivity contribution in [2.24, 2.45) is 17.8 Å². The van der Waals surface area contributed by atoms with E-state index in [1.54, 1.807) is 0 Å². The summed E-state index contributed by atoms with van der Waals surface area (Å²) in [7, 11) is -3.18. The maximum absolute atomic E-state index is 12.2. The van der Waals surface area contributed by atoms with E-state index in [1.807, 2.05) is 0 Å². The van der Waals surface area contributed by atoms with E-state index in [1.165, 1.54) is 19.3 Å². The van der Waals surface area contributed by atoms with Gasteiger partial charge in [0.2, 0.25) is 10.0 Å². The normalized spacial score (nSPS) is 40.8. The number of aliphatic hydroxyl groups excluding tert-OH is 1. The predicted octanol–water partition coefficient (Wildman–Crippen LogP) is 1.65. The number of sulfonamides is 1. The minimum Gasteiger partial charge on any atom is -0.396 e. The van der Waals surface area contributed by atoms with Gasteiger partial charge in [-0.05, 0) is 69.1 Å². The zero-order chi connectivity index (χ0) is 13.5. The summed E-state index contributed by atoms with van der Waals surface area (Å²) in [5.41, 5.74) is -0.118. The molecule has 4 saturated carbocycles. The Bertz CT molecular complexity index is 397. The van der Waals surface area contributed by atoms with Crippen LogP contribution in [-0.4, -0.2) is 31.4 Å². The molecule has 110 valence electrons. The molecule has 4 nitrogen and oxygen atoms in total. The first-order valence-electron chi connectivity index (χ1n) is 7.63. The maximum atomic E-state index is 12.2. The summed E-state index contributed by atoms with van der Waals surface area (Å²) >= 11 is 0. The van der Waals surface area contributed by atoms with Gasteiger partial charge in [0.1, 0.15) is 0 Å². The van der Waals surface area contributed by atoms with E-state index >= 15 is 0 Å². The van der Waals surface area contributed by atoms with Crippen molar-refractivity contribution in [3.63, 3.8) is 0 Å². The lowest BCUT2D eigenvalue weighted by molar-refractivity contribution is -0.00810. The number of rotatable bonds is 6. The summed E-state index contributed by atoms with van der Waals surface area (Å²) in [4.78, 5) is 0. The average Bonchev–Trinajstić information content (AvgIpc) is 2.25. The molecule has 0 aromatic heterocycles. The molecule has 4 rings (SSSR count). The smallest absolute Gasteiger partial charge is 0.212 e. The van der Waals surface area contributed by atoms with Crippen LogP contribution in [0.25, 0.3) is 0 Å². The van der Waals surface area contributed by atoms with E-state index in [0.29, 0.717) is 12.8 Å². The first kappa shape index (κ1) is 13.8. The Kier molecular flexibility index (Phi) is 3.65. The number of aliphatic hydroxyl groups is 1. The second-order valence-corrected chi connectivity index (χ2v) is 8.89. The topological polar surface area (TPSA) is 66.4 Å². The van der Waals surface area contributed by atoms with Crippen molar-refractivity contribution in [3.8, 4) is 0 Å². The summed E-state index contributed by atoms with van der Waals surface area (Å²) in [5, 5.41) is 8.75. The summed E-state index contributed by atoms with van der Waals surface area (Å²) in [5.74, 6) is 2.43. The van der Waals surface area contributed by atoms with Gasteiger partial charge in [-0.2, -0.15) is 0 Å². The lowest BCUT2D eigenvalue weighted by Crippen LogP contribution is -2.60. The van der Waals surface area contributed by atoms with Crippen LogP contribution >= 0.6 is 0 Å². The van der Waals surface area contributed by atoms with Crippen LogP contribution in [-0.2, 0) is 10.0 Å². The maximum Gasteiger partial charge on any atom is 0.212 e. The van der Waals surface area contributed by atoms with Crippen molar-refractivity contribution in [2.45, 2.75) is 56.9 Å². The quantitative estimate of drug-likeness (QED) is 0.730. The summed E-state index contributed by atoms with van der Waals surface area (Å²) in [6.45, 7) is 0.0763. The molecule has 19 heavy (non-hydrogen) atoms. The number of hydrogen-bond acceptors (Lipinski definition) is 3. The van der Waals surface area contributed by atoms with Crippen LogP contribution in [0, 0.1) is 17.8 Å². The molecule has 0 unspecified atom stereocenters. The van der Waals surface area contributed by atoms with Crippen molar-refractivity contribution in [1.82, 2.24) is 4.72 Å². The van der Waals surface area contributed by atoms with Gasteiger partial charge in [0, 0.05) is 12.1 Å². The average molecular weight is 287 g/mol. The minimum atomic E-state index is -3.18. The number of unbranched alkanes of at least 4 members (excludes halogenated alkanes) is 1. The molecule has 4 aliphatic rings. The highest BCUT2D eigenvalue weighted by atomic mass is 32.2. The standard InChI is InChI=1S/C14H25NO3S/c16-3-1-2-4-19(17,18)15-14-8-11-5-12(9-14)7-13(6-11)10-14/h11-13,15-16H,1-10H2. The zero-order valence-corrected chi connectivity index (χ0v) is 12.3. The van der Waals surface area contributed by atoms with Gasteiger partial charge < -0.3 is 5.11 Å². The third kappa shape index (κ3) is 2.98. The molecule has 0 heterocycles. The van der Waals surface area contributed by atoms with E-state index in [0.717, 1.165) is 37.0 Å². The summed E-state index contributed by atoms with van der Waals surface area (Å²) in [6, 6.07) is 0. The van der Waals surface area contributed by atoms with Gasteiger partial charge >= 0.3 is 0 Å². The predicted molar refractivity (Wildman–Crippen MR) is 74.1 cm³/mol. The molecule has 4 aliphatic carbocycles. The molecule has 0 radical (unpaired) electrons. The largest absolute Gasteiger partial charge is 0.396 e. The van der Waals surface area contributed by atoms with Gasteiger partial charge in [0.05, 0.1) is 5.75 Å². The highest BCUT2D eigenvalue weighted by Gasteiger charge is 2.52. The first-order chi connectivity index (χ1) is 9.00. The van der Waals surface area contributed by atoms with Crippen LogP contribution in [0.2, 0.25) is 0 Å². The molecule has 0 amide bonds. The van der Waals surface area contributed by atoms with E-state index < -0.39 is 10.0 Å². The Morgan fingerprint density at radius 3 is 2.00 bits per heavy atom. The van der Waals surface area contributed by atoms with Crippen LogP contribution < -0.4 is 4.72 Å². The van der Waals surface area contributed by atoms with Gasteiger partial charge in [-0.1, -0.05) is 0 Å². The number of hydrogen-bond donors (Lipinski definition) is 2. The Balaban J connectivity index is 1.65. The van der Waals surface area contributed by atoms with E-state index in [9.17, 15) is 8.42 Å². The fraction of sp³-hybridized carbons (Fsp3) is 1.00. The van der Waals surface area contributed by atoms with Crippen molar-refractivity contribution in [3.05, 3.63) is 0 Å². The Labute approximate surface area is 116 Å². The fourth-order valence-corrected chi connectivity index (χ4v) is 6.62. The second kappa shape index (κ2) is 5.01. The monoisotopic (exact) mass is 287 g/mol. The molecule has 0 aromatic rings. The molecule has 0 aliphatic heterocycles. The molecule has 0 aromatic carbocycles.